The molecule has 6 aliphatic heterocycles. The van der Waals surface area contributed by atoms with Crippen LogP contribution >= 0.6 is 74.6 Å². The maximum Gasteiger partial charge on any atom is 0.321 e. The van der Waals surface area contributed by atoms with Crippen molar-refractivity contribution in [3.05, 3.63) is 59.7 Å². The first-order valence-corrected chi connectivity index (χ1v) is 36.4. The first-order chi connectivity index (χ1) is 40.5. The second kappa shape index (κ2) is 32.2. The maximum absolute atomic E-state index is 15.7. The predicted molar refractivity (Wildman–Crippen MR) is 332 cm³/mol. The van der Waals surface area contributed by atoms with Crippen molar-refractivity contribution in [3.63, 3.8) is 0 Å². The third-order valence-corrected chi connectivity index (χ3v) is 25.7. The van der Waals surface area contributed by atoms with Crippen LogP contribution in [0.2, 0.25) is 0 Å². The number of carboxylic acids is 2. The lowest BCUT2D eigenvalue weighted by Gasteiger charge is -2.55. The minimum absolute atomic E-state index is 0.0479. The molecule has 14 atom stereocenters. The number of nitrogens with two attached hydrogens (primary N) is 1. The van der Waals surface area contributed by atoms with Gasteiger partial charge in [0, 0.05) is 59.7 Å². The highest BCUT2D eigenvalue weighted by atomic mass is 33.5. The summed E-state index contributed by atoms with van der Waals surface area (Å²) in [4.78, 5) is 143. The fourth-order valence-electron chi connectivity index (χ4n) is 10.8. The standard InChI is InChI=1S/C54H73N9O15S7/c1-27-46(71)40-25-82-85-81-23-31-15-17-79-83-26-54(84-80-24-39(42(67)22-56-51(75)45(60-40)28(2)64)59-38(53(77)78)19-30-7-11-33(66)12-8-30)21-34(48(54)61-37(20-43(55)68)52(76)63-16-3-4-41(63)50(74)57-27)47(72)36(18-29-5-9-32(65)10-6-29)62-49(73)35(58-31)13-14-44(69)70/h5-12,27-28,31,34-41,45,48,58-61,64-66H,3-4,13-26H2,1-2H3,(H2,55,68)(H,56,75)(H,57,74)(H,62,73)(H,69,70)(H,77,78)/t27-,28+,31?,34?,35-,36-,37-,38-,39?,40?,41-,45-,48?,54?/m0/s1. The lowest BCUT2D eigenvalue weighted by molar-refractivity contribution is -0.143. The number of nitrogens with zero attached hydrogens (tertiary/aromatic N) is 1. The Kier molecular flexibility index (Phi) is 25.8. The number of primary amides is 1. The van der Waals surface area contributed by atoms with Crippen molar-refractivity contribution in [2.75, 3.05) is 41.9 Å². The second-order valence-corrected chi connectivity index (χ2v) is 31.4. The lowest BCUT2D eigenvalue weighted by Crippen LogP contribution is -2.71. The van der Waals surface area contributed by atoms with Gasteiger partial charge in [0.1, 0.15) is 29.6 Å². The Hall–Kier alpha value is -4.41. The third kappa shape index (κ3) is 19.1. The molecule has 6 saturated heterocycles. The second-order valence-electron chi connectivity index (χ2n) is 21.7. The third-order valence-electron chi connectivity index (χ3n) is 15.4. The number of fused-ring (bicyclic) bond motifs is 23. The molecule has 5 amide bonds. The van der Waals surface area contributed by atoms with E-state index < -0.39 is 161 Å². The minimum Gasteiger partial charge on any atom is -0.508 e. The van der Waals surface area contributed by atoms with Crippen molar-refractivity contribution in [1.82, 2.24) is 42.1 Å². The summed E-state index contributed by atoms with van der Waals surface area (Å²) in [5, 5.41) is 72.9. The van der Waals surface area contributed by atoms with E-state index in [0.29, 0.717) is 35.5 Å². The van der Waals surface area contributed by atoms with Gasteiger partial charge in [0.15, 0.2) is 17.3 Å². The molecule has 14 N–H and O–H groups in total. The molecule has 7 fully saturated rings. The molecule has 85 heavy (non-hydrogen) atoms. The van der Waals surface area contributed by atoms with Gasteiger partial charge in [-0.25, -0.2) is 0 Å². The summed E-state index contributed by atoms with van der Waals surface area (Å²) in [5.41, 5.74) is 6.98. The largest absolute Gasteiger partial charge is 0.508 e. The highest BCUT2D eigenvalue weighted by Gasteiger charge is 2.59. The number of phenols is 2. The first kappa shape index (κ1) is 68.1. The quantitative estimate of drug-likeness (QED) is 0.125. The molecule has 7 aliphatic rings. The van der Waals surface area contributed by atoms with Crippen LogP contribution in [0.1, 0.15) is 69.9 Å². The Morgan fingerprint density at radius 3 is 2.15 bits per heavy atom. The van der Waals surface area contributed by atoms with E-state index in [1.165, 1.54) is 119 Å². The van der Waals surface area contributed by atoms with Gasteiger partial charge in [-0.3, -0.25) is 58.6 Å². The molecule has 5 bridgehead atoms. The number of rotatable bonds is 13. The van der Waals surface area contributed by atoms with Gasteiger partial charge < -0.3 is 62.8 Å². The number of carbonyl (C=O) groups is 10. The van der Waals surface area contributed by atoms with Crippen LogP contribution in [0.5, 0.6) is 11.5 Å². The number of amides is 5. The molecule has 0 radical (unpaired) electrons. The summed E-state index contributed by atoms with van der Waals surface area (Å²) in [6.45, 7) is 2.16. The number of aliphatic hydroxyl groups is 1. The predicted octanol–water partition coefficient (Wildman–Crippen LogP) is 1.18. The SMILES string of the molecule is C[C@@H]1NC(=O)[C@@H]2CCCN2C(=O)[C@H](CC(N)=O)NC2C3CC24CSSCCC(CSSSCC(N[C@@H]([C@@H](C)O)C(=O)NCC(=O)C(N[C@@H](Cc2ccc(O)cc2)C(=O)O)CSS4)C1=O)N[C@@H](CCC(=O)O)C(=O)N[C@@H](Cc1ccc(O)cc1)C3=O. The number of ketones is 3. The Morgan fingerprint density at radius 1 is 0.788 bits per heavy atom. The smallest absolute Gasteiger partial charge is 0.321 e. The summed E-state index contributed by atoms with van der Waals surface area (Å²) < 4.78 is -1.08. The summed E-state index contributed by atoms with van der Waals surface area (Å²) in [7, 11) is 9.26. The zero-order chi connectivity index (χ0) is 61.5. The number of hydrogen-bond donors (Lipinski definition) is 13. The minimum atomic E-state index is -1.51. The van der Waals surface area contributed by atoms with Crippen LogP contribution in [0.3, 0.4) is 0 Å². The summed E-state index contributed by atoms with van der Waals surface area (Å²) in [6.07, 6.45) is -1.77. The Labute approximate surface area is 519 Å². The lowest BCUT2D eigenvalue weighted by atomic mass is 9.65. The first-order valence-electron chi connectivity index (χ1n) is 27.8. The van der Waals surface area contributed by atoms with Gasteiger partial charge in [-0.05, 0) is 104 Å². The average molecular weight is 1310 g/mol. The van der Waals surface area contributed by atoms with Gasteiger partial charge in [0.25, 0.3) is 0 Å². The van der Waals surface area contributed by atoms with E-state index in [1.807, 2.05) is 0 Å². The number of benzene rings is 2. The topological polar surface area (TPSA) is 385 Å². The number of phenolic OH excluding ortho intramolecular Hbond substituents is 2. The van der Waals surface area contributed by atoms with E-state index in [9.17, 15) is 63.9 Å². The molecule has 1 aliphatic carbocycles. The fourth-order valence-corrected chi connectivity index (χ4v) is 21.6. The Morgan fingerprint density at radius 2 is 1.48 bits per heavy atom. The van der Waals surface area contributed by atoms with Gasteiger partial charge in [-0.15, -0.1) is 0 Å². The summed E-state index contributed by atoms with van der Waals surface area (Å²) in [5.74, 6) is -8.24. The number of carbonyl (C=O) groups excluding carboxylic acids is 8. The molecular formula is C54H73N9O15S7. The van der Waals surface area contributed by atoms with Gasteiger partial charge >= 0.3 is 11.9 Å². The number of aliphatic carboxylic acids is 2. The van der Waals surface area contributed by atoms with Gasteiger partial charge in [0.05, 0.1) is 60.1 Å². The number of aromatic hydroxyl groups is 2. The van der Waals surface area contributed by atoms with E-state index in [4.69, 9.17) is 5.73 Å². The highest BCUT2D eigenvalue weighted by Crippen LogP contribution is 2.56. The van der Waals surface area contributed by atoms with Crippen LogP contribution in [0, 0.1) is 5.92 Å². The number of hydrogen-bond acceptors (Lipinski definition) is 24. The molecule has 466 valence electrons. The monoisotopic (exact) mass is 1310 g/mol. The molecule has 31 heteroatoms. The molecule has 0 aromatic heterocycles. The number of aliphatic hydroxyl groups excluding tert-OH is 1. The zero-order valence-electron chi connectivity index (χ0n) is 46.6. The maximum atomic E-state index is 15.7. The van der Waals surface area contributed by atoms with Crippen LogP contribution in [0.15, 0.2) is 48.5 Å². The highest BCUT2D eigenvalue weighted by molar-refractivity contribution is 9.09. The van der Waals surface area contributed by atoms with Crippen LogP contribution < -0.4 is 43.0 Å². The molecule has 6 heterocycles. The van der Waals surface area contributed by atoms with Crippen molar-refractivity contribution >= 4 is 133 Å². The average Bonchev–Trinajstić information content (AvgIpc) is 1.02. The molecule has 2 aromatic carbocycles. The van der Waals surface area contributed by atoms with E-state index in [0.717, 1.165) is 10.8 Å². The Bertz CT molecular complexity index is 2740. The van der Waals surface area contributed by atoms with Crippen LogP contribution in [0.25, 0.3) is 0 Å². The Balaban J connectivity index is 1.40. The molecule has 1 saturated carbocycles. The van der Waals surface area contributed by atoms with E-state index in [1.54, 1.807) is 12.1 Å². The number of nitrogens with one attached hydrogen (secondary N) is 7. The van der Waals surface area contributed by atoms with Crippen molar-refractivity contribution < 1.29 is 73.5 Å². The molecule has 1 spiro atoms. The van der Waals surface area contributed by atoms with Crippen molar-refractivity contribution in [3.8, 4) is 11.5 Å². The fraction of sp³-hybridized carbons (Fsp3) is 0.593. The zero-order valence-corrected chi connectivity index (χ0v) is 52.4. The van der Waals surface area contributed by atoms with Crippen LogP contribution in [-0.2, 0) is 60.8 Å². The molecule has 24 nitrogen and oxygen atoms in total. The number of Topliss-reactive ketones (excluding diaryl/α,β-unsaturated/α-hetero) is 3. The van der Waals surface area contributed by atoms with Gasteiger partial charge in [-0.2, -0.15) is 0 Å². The van der Waals surface area contributed by atoms with Crippen molar-refractivity contribution in [2.45, 2.75) is 149 Å². The molecule has 9 rings (SSSR count). The summed E-state index contributed by atoms with van der Waals surface area (Å²) >= 11 is 0. The molecule has 6 unspecified atom stereocenters. The van der Waals surface area contributed by atoms with Crippen molar-refractivity contribution in [1.29, 1.82) is 0 Å². The number of carboxylic acid groups (broad SMARTS) is 2. The van der Waals surface area contributed by atoms with Crippen LogP contribution in [-0.4, -0.2) is 208 Å². The van der Waals surface area contributed by atoms with Gasteiger partial charge in [-0.1, -0.05) is 89.0 Å². The van der Waals surface area contributed by atoms with Crippen LogP contribution in [0.4, 0.5) is 0 Å². The van der Waals surface area contributed by atoms with E-state index in [2.05, 4.69) is 37.2 Å². The van der Waals surface area contributed by atoms with E-state index >= 15 is 9.59 Å². The molecular weight excluding hydrogens is 1240 g/mol. The molecule has 2 aromatic rings. The summed E-state index contributed by atoms with van der Waals surface area (Å²) in [6, 6.07) is -1.23. The van der Waals surface area contributed by atoms with Gasteiger partial charge in [0.2, 0.25) is 29.5 Å². The van der Waals surface area contributed by atoms with Crippen molar-refractivity contribution in [2.24, 2.45) is 11.7 Å². The van der Waals surface area contributed by atoms with E-state index in [-0.39, 0.29) is 67.4 Å². The normalized spacial score (nSPS) is 30.9.